The summed E-state index contributed by atoms with van der Waals surface area (Å²) < 4.78 is 7.00. The number of pyridine rings is 1. The number of rotatable bonds is 2. The van der Waals surface area contributed by atoms with Crippen LogP contribution in [-0.2, 0) is 0 Å². The Balaban J connectivity index is 2.85. The Morgan fingerprint density at radius 1 is 1.62 bits per heavy atom. The summed E-state index contributed by atoms with van der Waals surface area (Å²) in [6.45, 7) is 1.79. The van der Waals surface area contributed by atoms with Crippen molar-refractivity contribution in [3.05, 3.63) is 21.2 Å². The minimum absolute atomic E-state index is 0.273. The summed E-state index contributed by atoms with van der Waals surface area (Å²) in [5.41, 5.74) is 0. The molecule has 0 aliphatic rings. The number of halogens is 2. The van der Waals surface area contributed by atoms with Crippen molar-refractivity contribution in [3.8, 4) is 18.2 Å². The summed E-state index contributed by atoms with van der Waals surface area (Å²) in [7, 11) is 0. The van der Waals surface area contributed by atoms with Gasteiger partial charge in [0.15, 0.2) is 6.10 Å². The minimum Gasteiger partial charge on any atom is -0.461 e. The van der Waals surface area contributed by atoms with Gasteiger partial charge in [-0.05, 0) is 44.8 Å². The molecule has 0 spiro atoms. The number of aromatic nitrogens is 1. The molecule has 0 aliphatic carbocycles. The van der Waals surface area contributed by atoms with E-state index in [1.165, 1.54) is 0 Å². The van der Waals surface area contributed by atoms with Gasteiger partial charge >= 0.3 is 0 Å². The molecule has 1 atom stereocenters. The highest BCUT2D eigenvalue weighted by atomic mass is 79.9. The summed E-state index contributed by atoms with van der Waals surface area (Å²) in [5, 5.41) is 0. The van der Waals surface area contributed by atoms with Crippen molar-refractivity contribution in [3.63, 3.8) is 0 Å². The fraction of sp³-hybridized carbons (Fsp3) is 0.222. The van der Waals surface area contributed by atoms with E-state index in [0.29, 0.717) is 5.88 Å². The fourth-order valence-electron chi connectivity index (χ4n) is 0.690. The van der Waals surface area contributed by atoms with Crippen LogP contribution in [0.2, 0.25) is 0 Å². The van der Waals surface area contributed by atoms with Crippen LogP contribution in [0, 0.1) is 12.3 Å². The van der Waals surface area contributed by atoms with Gasteiger partial charge in [-0.2, -0.15) is 0 Å². The van der Waals surface area contributed by atoms with Gasteiger partial charge < -0.3 is 4.74 Å². The molecular weight excluding hydrogens is 298 g/mol. The zero-order chi connectivity index (χ0) is 9.84. The van der Waals surface area contributed by atoms with Gasteiger partial charge in [0.25, 0.3) is 0 Å². The van der Waals surface area contributed by atoms with Crippen molar-refractivity contribution in [2.75, 3.05) is 0 Å². The summed E-state index contributed by atoms with van der Waals surface area (Å²) in [6, 6.07) is 1.85. The first-order valence-corrected chi connectivity index (χ1v) is 5.16. The molecule has 4 heteroatoms. The topological polar surface area (TPSA) is 22.1 Å². The van der Waals surface area contributed by atoms with Gasteiger partial charge in [0, 0.05) is 10.7 Å². The largest absolute Gasteiger partial charge is 0.461 e. The maximum atomic E-state index is 5.33. The molecule has 1 rings (SSSR count). The van der Waals surface area contributed by atoms with Gasteiger partial charge in [-0.15, -0.1) is 6.42 Å². The quantitative estimate of drug-likeness (QED) is 0.784. The molecule has 0 amide bonds. The van der Waals surface area contributed by atoms with E-state index < -0.39 is 0 Å². The summed E-state index contributed by atoms with van der Waals surface area (Å²) in [4.78, 5) is 4.05. The molecular formula is C9H7Br2NO. The molecule has 1 aromatic heterocycles. The third-order valence-electron chi connectivity index (χ3n) is 1.30. The van der Waals surface area contributed by atoms with Crippen LogP contribution in [0.1, 0.15) is 6.92 Å². The number of hydrogen-bond donors (Lipinski definition) is 0. The monoisotopic (exact) mass is 303 g/mol. The highest BCUT2D eigenvalue weighted by Crippen LogP contribution is 2.25. The molecule has 0 aliphatic heterocycles. The molecule has 0 N–H and O–H groups in total. The van der Waals surface area contributed by atoms with E-state index >= 15 is 0 Å². The van der Waals surface area contributed by atoms with Crippen molar-refractivity contribution in [2.45, 2.75) is 13.0 Å². The molecule has 1 aromatic rings. The van der Waals surface area contributed by atoms with Crippen molar-refractivity contribution < 1.29 is 4.74 Å². The van der Waals surface area contributed by atoms with E-state index in [4.69, 9.17) is 11.2 Å². The van der Waals surface area contributed by atoms with Gasteiger partial charge in [0.05, 0.1) is 4.47 Å². The predicted molar refractivity (Wildman–Crippen MR) is 58.6 cm³/mol. The second-order valence-electron chi connectivity index (χ2n) is 2.37. The Labute approximate surface area is 94.0 Å². The Morgan fingerprint density at radius 3 is 2.85 bits per heavy atom. The lowest BCUT2D eigenvalue weighted by Gasteiger charge is -2.08. The van der Waals surface area contributed by atoms with E-state index in [1.54, 1.807) is 13.1 Å². The molecule has 0 aromatic carbocycles. The number of hydrogen-bond acceptors (Lipinski definition) is 2. The molecule has 1 unspecified atom stereocenters. The van der Waals surface area contributed by atoms with E-state index in [0.717, 1.165) is 8.95 Å². The molecule has 0 radical (unpaired) electrons. The van der Waals surface area contributed by atoms with Gasteiger partial charge in [-0.1, -0.05) is 5.92 Å². The van der Waals surface area contributed by atoms with Crippen LogP contribution in [0.4, 0.5) is 0 Å². The van der Waals surface area contributed by atoms with Crippen molar-refractivity contribution in [1.82, 2.24) is 4.98 Å². The molecule has 2 nitrogen and oxygen atoms in total. The lowest BCUT2D eigenvalue weighted by Crippen LogP contribution is -2.09. The van der Waals surface area contributed by atoms with Gasteiger partial charge in [-0.3, -0.25) is 0 Å². The molecule has 0 saturated carbocycles. The van der Waals surface area contributed by atoms with Gasteiger partial charge in [-0.25, -0.2) is 4.98 Å². The average Bonchev–Trinajstić information content (AvgIpc) is 2.09. The number of nitrogens with zero attached hydrogens (tertiary/aromatic N) is 1. The SMILES string of the molecule is C#CC(C)Oc1ncc(Br)cc1Br. The first kappa shape index (κ1) is 10.6. The van der Waals surface area contributed by atoms with Gasteiger partial charge in [0.2, 0.25) is 5.88 Å². The molecule has 0 saturated heterocycles. The highest BCUT2D eigenvalue weighted by Gasteiger charge is 2.05. The van der Waals surface area contributed by atoms with E-state index in [1.807, 2.05) is 6.07 Å². The Bertz CT molecular complexity index is 346. The van der Waals surface area contributed by atoms with Crippen molar-refractivity contribution in [1.29, 1.82) is 0 Å². The first-order valence-electron chi connectivity index (χ1n) is 3.57. The lowest BCUT2D eigenvalue weighted by molar-refractivity contribution is 0.266. The standard InChI is InChI=1S/C9H7Br2NO/c1-3-6(2)13-9-8(11)4-7(10)5-12-9/h1,4-6H,2H3. The Morgan fingerprint density at radius 2 is 2.31 bits per heavy atom. The predicted octanol–water partition coefficient (Wildman–Crippen LogP) is 3.01. The first-order chi connectivity index (χ1) is 6.13. The summed E-state index contributed by atoms with van der Waals surface area (Å²) in [6.07, 6.45) is 6.56. The smallest absolute Gasteiger partial charge is 0.229 e. The second kappa shape index (κ2) is 4.64. The maximum Gasteiger partial charge on any atom is 0.229 e. The van der Waals surface area contributed by atoms with E-state index in [2.05, 4.69) is 42.8 Å². The zero-order valence-corrected chi connectivity index (χ0v) is 10.1. The Hall–Kier alpha value is -0.530. The van der Waals surface area contributed by atoms with Crippen LogP contribution in [0.3, 0.4) is 0 Å². The normalized spacial score (nSPS) is 11.8. The number of ether oxygens (including phenoxy) is 1. The van der Waals surface area contributed by atoms with Crippen LogP contribution < -0.4 is 4.74 Å². The van der Waals surface area contributed by atoms with Crippen LogP contribution in [0.15, 0.2) is 21.2 Å². The van der Waals surface area contributed by atoms with Crippen LogP contribution in [-0.4, -0.2) is 11.1 Å². The highest BCUT2D eigenvalue weighted by molar-refractivity contribution is 9.11. The summed E-state index contributed by atoms with van der Waals surface area (Å²) >= 11 is 6.61. The number of terminal acetylenes is 1. The fourth-order valence-corrected chi connectivity index (χ4v) is 1.77. The minimum atomic E-state index is -0.273. The zero-order valence-electron chi connectivity index (χ0n) is 6.92. The Kier molecular flexibility index (Phi) is 3.76. The van der Waals surface area contributed by atoms with Crippen LogP contribution in [0.5, 0.6) is 5.88 Å². The molecule has 0 fully saturated rings. The van der Waals surface area contributed by atoms with Gasteiger partial charge in [0.1, 0.15) is 0 Å². The third-order valence-corrected chi connectivity index (χ3v) is 2.30. The van der Waals surface area contributed by atoms with Crippen molar-refractivity contribution in [2.24, 2.45) is 0 Å². The van der Waals surface area contributed by atoms with Crippen molar-refractivity contribution >= 4 is 31.9 Å². The second-order valence-corrected chi connectivity index (χ2v) is 4.14. The lowest BCUT2D eigenvalue weighted by atomic mass is 10.4. The maximum absolute atomic E-state index is 5.33. The van der Waals surface area contributed by atoms with E-state index in [9.17, 15) is 0 Å². The van der Waals surface area contributed by atoms with Crippen LogP contribution >= 0.6 is 31.9 Å². The molecule has 0 bridgehead atoms. The molecule has 1 heterocycles. The van der Waals surface area contributed by atoms with E-state index in [-0.39, 0.29) is 6.10 Å². The van der Waals surface area contributed by atoms with Crippen LogP contribution in [0.25, 0.3) is 0 Å². The summed E-state index contributed by atoms with van der Waals surface area (Å²) in [5.74, 6) is 2.97. The third kappa shape index (κ3) is 3.02. The average molecular weight is 305 g/mol. The molecule has 68 valence electrons. The molecule has 13 heavy (non-hydrogen) atoms.